The number of hydrogen-bond donors (Lipinski definition) is 0. The molecule has 2 rings (SSSR count). The molecule has 0 nitrogen and oxygen atoms in total. The van der Waals surface area contributed by atoms with Crippen LogP contribution in [0.2, 0.25) is 5.02 Å². The SMILES string of the molecule is FC(F)(F)c1cc([C]2CCC2)cc(C(F)(F)F)c1Cl. The van der Waals surface area contributed by atoms with Gasteiger partial charge in [-0.05, 0) is 30.5 Å². The van der Waals surface area contributed by atoms with Gasteiger partial charge >= 0.3 is 12.4 Å². The van der Waals surface area contributed by atoms with Crippen molar-refractivity contribution in [2.24, 2.45) is 0 Å². The maximum atomic E-state index is 12.7. The van der Waals surface area contributed by atoms with Crippen LogP contribution in [0.5, 0.6) is 0 Å². The van der Waals surface area contributed by atoms with E-state index in [-0.39, 0.29) is 5.56 Å². The van der Waals surface area contributed by atoms with E-state index >= 15 is 0 Å². The van der Waals surface area contributed by atoms with E-state index in [0.29, 0.717) is 30.9 Å². The van der Waals surface area contributed by atoms with E-state index in [4.69, 9.17) is 11.6 Å². The van der Waals surface area contributed by atoms with Gasteiger partial charge < -0.3 is 0 Å². The van der Waals surface area contributed by atoms with Gasteiger partial charge in [0.25, 0.3) is 0 Å². The third-order valence-corrected chi connectivity index (χ3v) is 3.46. The van der Waals surface area contributed by atoms with Gasteiger partial charge in [0, 0.05) is 5.92 Å². The fourth-order valence-electron chi connectivity index (χ4n) is 1.88. The second-order valence-electron chi connectivity index (χ2n) is 4.34. The molecular formula is C12H8ClF6. The fraction of sp³-hybridized carbons (Fsp3) is 0.417. The molecule has 1 fully saturated rings. The third-order valence-electron chi connectivity index (χ3n) is 3.05. The molecule has 0 saturated heterocycles. The summed E-state index contributed by atoms with van der Waals surface area (Å²) in [4.78, 5) is 0. The molecule has 1 radical (unpaired) electrons. The van der Waals surface area contributed by atoms with Gasteiger partial charge in [-0.1, -0.05) is 18.0 Å². The van der Waals surface area contributed by atoms with E-state index in [0.717, 1.165) is 6.42 Å². The summed E-state index contributed by atoms with van der Waals surface area (Å²) in [6.07, 6.45) is -7.98. The van der Waals surface area contributed by atoms with Gasteiger partial charge in [-0.3, -0.25) is 0 Å². The maximum Gasteiger partial charge on any atom is 0.417 e. The topological polar surface area (TPSA) is 0 Å². The van der Waals surface area contributed by atoms with Crippen molar-refractivity contribution in [3.63, 3.8) is 0 Å². The quantitative estimate of drug-likeness (QED) is 0.602. The molecule has 7 heteroatoms. The minimum absolute atomic E-state index is 0.0182. The van der Waals surface area contributed by atoms with E-state index < -0.39 is 28.5 Å². The predicted octanol–water partition coefficient (Wildman–Crippen LogP) is 5.48. The first kappa shape index (κ1) is 14.5. The lowest BCUT2D eigenvalue weighted by Crippen LogP contribution is -2.17. The zero-order chi connectivity index (χ0) is 14.4. The van der Waals surface area contributed by atoms with E-state index in [1.165, 1.54) is 0 Å². The van der Waals surface area contributed by atoms with Crippen LogP contribution in [0.3, 0.4) is 0 Å². The van der Waals surface area contributed by atoms with Crippen molar-refractivity contribution in [3.8, 4) is 0 Å². The second kappa shape index (κ2) is 4.58. The molecule has 1 saturated carbocycles. The molecule has 105 valence electrons. The molecular weight excluding hydrogens is 294 g/mol. The van der Waals surface area contributed by atoms with Gasteiger partial charge in [0.15, 0.2) is 0 Å². The number of hydrogen-bond acceptors (Lipinski definition) is 0. The van der Waals surface area contributed by atoms with Crippen molar-refractivity contribution < 1.29 is 26.3 Å². The Morgan fingerprint density at radius 2 is 1.26 bits per heavy atom. The molecule has 0 unspecified atom stereocenters. The van der Waals surface area contributed by atoms with Crippen LogP contribution in [0.4, 0.5) is 26.3 Å². The molecule has 0 aromatic heterocycles. The third kappa shape index (κ3) is 2.83. The summed E-state index contributed by atoms with van der Waals surface area (Å²) in [6, 6.07) is 1.40. The molecule has 0 amide bonds. The first-order valence-corrected chi connectivity index (χ1v) is 5.81. The highest BCUT2D eigenvalue weighted by molar-refractivity contribution is 6.32. The summed E-state index contributed by atoms with van der Waals surface area (Å²) in [5.41, 5.74) is -2.88. The Bertz CT molecular complexity index is 449. The lowest BCUT2D eigenvalue weighted by Gasteiger charge is -2.27. The lowest BCUT2D eigenvalue weighted by molar-refractivity contribution is -0.142. The smallest absolute Gasteiger partial charge is 0.166 e. The number of halogens is 7. The van der Waals surface area contributed by atoms with Gasteiger partial charge in [-0.15, -0.1) is 0 Å². The monoisotopic (exact) mass is 301 g/mol. The highest BCUT2D eigenvalue weighted by Gasteiger charge is 2.41. The summed E-state index contributed by atoms with van der Waals surface area (Å²) in [5.74, 6) is 0.604. The first-order chi connectivity index (χ1) is 8.60. The zero-order valence-corrected chi connectivity index (χ0v) is 10.2. The van der Waals surface area contributed by atoms with Crippen molar-refractivity contribution in [1.29, 1.82) is 0 Å². The Balaban J connectivity index is 2.60. The summed E-state index contributed by atoms with van der Waals surface area (Å²) < 4.78 is 76.3. The second-order valence-corrected chi connectivity index (χ2v) is 4.72. The zero-order valence-electron chi connectivity index (χ0n) is 9.42. The van der Waals surface area contributed by atoms with Crippen LogP contribution in [-0.4, -0.2) is 0 Å². The van der Waals surface area contributed by atoms with Crippen molar-refractivity contribution >= 4 is 11.6 Å². The van der Waals surface area contributed by atoms with Gasteiger partial charge in [-0.25, -0.2) is 0 Å². The van der Waals surface area contributed by atoms with Gasteiger partial charge in [0.2, 0.25) is 0 Å². The Hall–Kier alpha value is -0.910. The van der Waals surface area contributed by atoms with Crippen molar-refractivity contribution in [2.45, 2.75) is 31.6 Å². The predicted molar refractivity (Wildman–Crippen MR) is 57.7 cm³/mol. The van der Waals surface area contributed by atoms with E-state index in [9.17, 15) is 26.3 Å². The van der Waals surface area contributed by atoms with Crippen LogP contribution in [0.25, 0.3) is 0 Å². The van der Waals surface area contributed by atoms with E-state index in [1.54, 1.807) is 0 Å². The summed E-state index contributed by atoms with van der Waals surface area (Å²) in [5, 5.41) is -1.29. The van der Waals surface area contributed by atoms with E-state index in [2.05, 4.69) is 0 Å². The Kier molecular flexibility index (Phi) is 3.49. The molecule has 1 aliphatic rings. The van der Waals surface area contributed by atoms with Crippen LogP contribution in [0.1, 0.15) is 36.0 Å². The van der Waals surface area contributed by atoms with Crippen LogP contribution >= 0.6 is 11.6 Å². The molecule has 1 aromatic rings. The number of alkyl halides is 6. The van der Waals surface area contributed by atoms with Gasteiger partial charge in [0.05, 0.1) is 16.1 Å². The molecule has 0 N–H and O–H groups in total. The average Bonchev–Trinajstić information content (AvgIpc) is 2.13. The van der Waals surface area contributed by atoms with Crippen molar-refractivity contribution in [1.82, 2.24) is 0 Å². The fourth-order valence-corrected chi connectivity index (χ4v) is 2.21. The Morgan fingerprint density at radius 3 is 1.53 bits per heavy atom. The van der Waals surface area contributed by atoms with Crippen LogP contribution in [0.15, 0.2) is 12.1 Å². The van der Waals surface area contributed by atoms with Gasteiger partial charge in [0.1, 0.15) is 0 Å². The summed E-state index contributed by atoms with van der Waals surface area (Å²) >= 11 is 5.27. The minimum Gasteiger partial charge on any atom is -0.166 e. The largest absolute Gasteiger partial charge is 0.417 e. The molecule has 0 heterocycles. The minimum atomic E-state index is -4.91. The molecule has 19 heavy (non-hydrogen) atoms. The molecule has 0 atom stereocenters. The average molecular weight is 302 g/mol. The summed E-state index contributed by atoms with van der Waals surface area (Å²) in [7, 11) is 0. The highest BCUT2D eigenvalue weighted by Crippen LogP contribution is 2.46. The van der Waals surface area contributed by atoms with Crippen molar-refractivity contribution in [2.75, 3.05) is 0 Å². The number of rotatable bonds is 1. The maximum absolute atomic E-state index is 12.7. The normalized spacial score (nSPS) is 17.4. The molecule has 0 aliphatic heterocycles. The summed E-state index contributed by atoms with van der Waals surface area (Å²) in [6.45, 7) is 0. The number of benzene rings is 1. The Morgan fingerprint density at radius 1 is 0.842 bits per heavy atom. The standard InChI is InChI=1S/C12H8ClF6/c13-10-8(11(14,15)16)4-7(6-2-1-3-6)5-9(10)12(17,18)19/h4-5H,1-3H2. The molecule has 0 bridgehead atoms. The molecule has 0 spiro atoms. The molecule has 1 aliphatic carbocycles. The van der Waals surface area contributed by atoms with E-state index in [1.807, 2.05) is 0 Å². The van der Waals surface area contributed by atoms with Crippen molar-refractivity contribution in [3.05, 3.63) is 39.8 Å². The van der Waals surface area contributed by atoms with Crippen LogP contribution < -0.4 is 0 Å². The Labute approximate surface area is 110 Å². The lowest BCUT2D eigenvalue weighted by atomic mass is 9.79. The van der Waals surface area contributed by atoms with Gasteiger partial charge in [-0.2, -0.15) is 26.3 Å². The highest BCUT2D eigenvalue weighted by atomic mass is 35.5. The molecule has 1 aromatic carbocycles. The van der Waals surface area contributed by atoms with Crippen LogP contribution in [0, 0.1) is 5.92 Å². The van der Waals surface area contributed by atoms with Crippen LogP contribution in [-0.2, 0) is 12.4 Å². The first-order valence-electron chi connectivity index (χ1n) is 5.43.